The highest BCUT2D eigenvalue weighted by Gasteiger charge is 2.18. The maximum atomic E-state index is 12.7. The molecule has 2 N–H and O–H groups in total. The van der Waals surface area contributed by atoms with E-state index in [0.29, 0.717) is 28.9 Å². The highest BCUT2D eigenvalue weighted by molar-refractivity contribution is 9.10. The van der Waals surface area contributed by atoms with Gasteiger partial charge < -0.3 is 14.4 Å². The SMILES string of the molecule is COc1ccc(CCN(C)C(=O)c2cc(S(N)(=O)=O)ccc2Br)cc1OC. The summed E-state index contributed by atoms with van der Waals surface area (Å²) in [6.07, 6.45) is 0.592. The fourth-order valence-corrected chi connectivity index (χ4v) is 3.44. The van der Waals surface area contributed by atoms with Crippen molar-refractivity contribution in [3.8, 4) is 11.5 Å². The summed E-state index contributed by atoms with van der Waals surface area (Å²) in [6, 6.07) is 9.68. The number of methoxy groups -OCH3 is 2. The van der Waals surface area contributed by atoms with E-state index in [4.69, 9.17) is 14.6 Å². The molecule has 0 spiro atoms. The van der Waals surface area contributed by atoms with Gasteiger partial charge in [-0.1, -0.05) is 6.07 Å². The summed E-state index contributed by atoms with van der Waals surface area (Å²) >= 11 is 3.28. The topological polar surface area (TPSA) is 98.9 Å². The van der Waals surface area contributed by atoms with Crippen LogP contribution in [0.15, 0.2) is 45.8 Å². The van der Waals surface area contributed by atoms with Crippen molar-refractivity contribution in [3.05, 3.63) is 52.0 Å². The summed E-state index contributed by atoms with van der Waals surface area (Å²) in [4.78, 5) is 14.1. The van der Waals surface area contributed by atoms with Crippen LogP contribution < -0.4 is 14.6 Å². The van der Waals surface area contributed by atoms with Crippen molar-refractivity contribution in [2.75, 3.05) is 27.8 Å². The van der Waals surface area contributed by atoms with Crippen LogP contribution in [0.25, 0.3) is 0 Å². The van der Waals surface area contributed by atoms with Crippen LogP contribution in [0, 0.1) is 0 Å². The van der Waals surface area contributed by atoms with Gasteiger partial charge in [0.15, 0.2) is 11.5 Å². The number of likely N-dealkylation sites (N-methyl/N-ethyl adjacent to an activating group) is 1. The van der Waals surface area contributed by atoms with Gasteiger partial charge in [0.05, 0.1) is 24.7 Å². The van der Waals surface area contributed by atoms with Gasteiger partial charge in [-0.05, 0) is 58.2 Å². The average Bonchev–Trinajstić information content (AvgIpc) is 2.64. The zero-order chi connectivity index (χ0) is 20.2. The van der Waals surface area contributed by atoms with Gasteiger partial charge in [-0.15, -0.1) is 0 Å². The van der Waals surface area contributed by atoms with Gasteiger partial charge >= 0.3 is 0 Å². The third-order valence-corrected chi connectivity index (χ3v) is 5.63. The van der Waals surface area contributed by atoms with Crippen LogP contribution in [0.4, 0.5) is 0 Å². The molecule has 2 rings (SSSR count). The third-order valence-electron chi connectivity index (χ3n) is 4.03. The van der Waals surface area contributed by atoms with Gasteiger partial charge in [0.1, 0.15) is 0 Å². The summed E-state index contributed by atoms with van der Waals surface area (Å²) in [5.74, 6) is 0.940. The molecule has 2 aromatic rings. The molecule has 0 radical (unpaired) electrons. The second-order valence-corrected chi connectivity index (χ2v) is 8.27. The number of hydrogen-bond donors (Lipinski definition) is 1. The molecule has 0 aliphatic carbocycles. The molecule has 0 unspecified atom stereocenters. The monoisotopic (exact) mass is 456 g/mol. The Morgan fingerprint density at radius 3 is 2.37 bits per heavy atom. The second kappa shape index (κ2) is 8.73. The van der Waals surface area contributed by atoms with Crippen LogP contribution in [0.2, 0.25) is 0 Å². The number of rotatable bonds is 7. The first kappa shape index (κ1) is 21.2. The molecule has 9 heteroatoms. The van der Waals surface area contributed by atoms with E-state index in [-0.39, 0.29) is 16.4 Å². The van der Waals surface area contributed by atoms with E-state index in [1.807, 2.05) is 18.2 Å². The smallest absolute Gasteiger partial charge is 0.254 e. The summed E-state index contributed by atoms with van der Waals surface area (Å²) in [5, 5.41) is 5.15. The third kappa shape index (κ3) is 5.21. The Balaban J connectivity index is 2.15. The molecule has 7 nitrogen and oxygen atoms in total. The van der Waals surface area contributed by atoms with Crippen LogP contribution >= 0.6 is 15.9 Å². The number of primary sulfonamides is 1. The number of benzene rings is 2. The van der Waals surface area contributed by atoms with Crippen molar-refractivity contribution >= 4 is 31.9 Å². The van der Waals surface area contributed by atoms with Crippen LogP contribution in [-0.2, 0) is 16.4 Å². The number of sulfonamides is 1. The predicted octanol–water partition coefficient (Wildman–Crippen LogP) is 2.43. The van der Waals surface area contributed by atoms with Gasteiger partial charge in [0.25, 0.3) is 5.91 Å². The van der Waals surface area contributed by atoms with Crippen LogP contribution in [0.1, 0.15) is 15.9 Å². The highest BCUT2D eigenvalue weighted by atomic mass is 79.9. The van der Waals surface area contributed by atoms with Crippen molar-refractivity contribution in [3.63, 3.8) is 0 Å². The first-order chi connectivity index (χ1) is 12.7. The molecule has 0 saturated heterocycles. The van der Waals surface area contributed by atoms with E-state index in [0.717, 1.165) is 5.56 Å². The number of ether oxygens (including phenoxy) is 2. The number of hydrogen-bond acceptors (Lipinski definition) is 5. The summed E-state index contributed by atoms with van der Waals surface area (Å²) in [6.45, 7) is 0.431. The Bertz CT molecular complexity index is 947. The summed E-state index contributed by atoms with van der Waals surface area (Å²) < 4.78 is 34.0. The van der Waals surface area contributed by atoms with Crippen molar-refractivity contribution < 1.29 is 22.7 Å². The van der Waals surface area contributed by atoms with E-state index in [9.17, 15) is 13.2 Å². The minimum Gasteiger partial charge on any atom is -0.493 e. The Kier molecular flexibility index (Phi) is 6.85. The second-order valence-electron chi connectivity index (χ2n) is 5.85. The number of nitrogens with zero attached hydrogens (tertiary/aromatic N) is 1. The molecule has 0 bridgehead atoms. The lowest BCUT2D eigenvalue weighted by Crippen LogP contribution is -2.29. The number of nitrogens with two attached hydrogens (primary N) is 1. The Labute approximate surface area is 167 Å². The molecular weight excluding hydrogens is 436 g/mol. The summed E-state index contributed by atoms with van der Waals surface area (Å²) in [5.41, 5.74) is 1.21. The molecule has 0 aliphatic rings. The zero-order valence-corrected chi connectivity index (χ0v) is 17.6. The van der Waals surface area contributed by atoms with Crippen LogP contribution in [0.5, 0.6) is 11.5 Å². The minimum atomic E-state index is -3.89. The van der Waals surface area contributed by atoms with Crippen molar-refractivity contribution in [1.29, 1.82) is 0 Å². The predicted molar refractivity (Wildman–Crippen MR) is 106 cm³/mol. The van der Waals surface area contributed by atoms with E-state index in [1.54, 1.807) is 21.3 Å². The lowest BCUT2D eigenvalue weighted by Gasteiger charge is -2.19. The molecule has 2 aromatic carbocycles. The number of carbonyl (C=O) groups is 1. The number of halogens is 1. The summed E-state index contributed by atoms with van der Waals surface area (Å²) in [7, 11) is 0.893. The highest BCUT2D eigenvalue weighted by Crippen LogP contribution is 2.28. The Morgan fingerprint density at radius 2 is 1.78 bits per heavy atom. The van der Waals surface area contributed by atoms with Gasteiger partial charge in [0, 0.05) is 18.1 Å². The molecule has 1 amide bonds. The molecule has 0 aliphatic heterocycles. The molecule has 0 atom stereocenters. The first-order valence-electron chi connectivity index (χ1n) is 7.96. The molecule has 27 heavy (non-hydrogen) atoms. The van der Waals surface area contributed by atoms with Gasteiger partial charge in [-0.25, -0.2) is 13.6 Å². The molecule has 146 valence electrons. The van der Waals surface area contributed by atoms with E-state index in [1.165, 1.54) is 23.1 Å². The van der Waals surface area contributed by atoms with Gasteiger partial charge in [0.2, 0.25) is 10.0 Å². The molecule has 0 fully saturated rings. The Hall–Kier alpha value is -2.10. The molecule has 0 saturated carbocycles. The quantitative estimate of drug-likeness (QED) is 0.689. The lowest BCUT2D eigenvalue weighted by atomic mass is 10.1. The first-order valence-corrected chi connectivity index (χ1v) is 10.3. The maximum absolute atomic E-state index is 12.7. The fourth-order valence-electron chi connectivity index (χ4n) is 2.49. The number of carbonyl (C=O) groups excluding carboxylic acids is 1. The standard InChI is InChI=1S/C18H21BrN2O5S/c1-21(9-8-12-4-7-16(25-2)17(10-12)26-3)18(22)14-11-13(27(20,23)24)5-6-15(14)19/h4-7,10-11H,8-9H2,1-3H3,(H2,20,23,24). The molecule has 0 aromatic heterocycles. The zero-order valence-electron chi connectivity index (χ0n) is 15.2. The maximum Gasteiger partial charge on any atom is 0.254 e. The lowest BCUT2D eigenvalue weighted by molar-refractivity contribution is 0.0795. The van der Waals surface area contributed by atoms with Gasteiger partial charge in [-0.2, -0.15) is 0 Å². The van der Waals surface area contributed by atoms with Crippen molar-refractivity contribution in [2.45, 2.75) is 11.3 Å². The molecule has 0 heterocycles. The van der Waals surface area contributed by atoms with Crippen molar-refractivity contribution in [1.82, 2.24) is 4.90 Å². The fraction of sp³-hybridized carbons (Fsp3) is 0.278. The van der Waals surface area contributed by atoms with E-state index < -0.39 is 10.0 Å². The Morgan fingerprint density at radius 1 is 1.11 bits per heavy atom. The van der Waals surface area contributed by atoms with Gasteiger partial charge in [-0.3, -0.25) is 4.79 Å². The van der Waals surface area contributed by atoms with Crippen LogP contribution in [0.3, 0.4) is 0 Å². The van der Waals surface area contributed by atoms with E-state index >= 15 is 0 Å². The largest absolute Gasteiger partial charge is 0.493 e. The minimum absolute atomic E-state index is 0.109. The normalized spacial score (nSPS) is 11.1. The van der Waals surface area contributed by atoms with Crippen molar-refractivity contribution in [2.24, 2.45) is 5.14 Å². The average molecular weight is 457 g/mol. The van der Waals surface area contributed by atoms with E-state index in [2.05, 4.69) is 15.9 Å². The number of amides is 1. The van der Waals surface area contributed by atoms with Crippen LogP contribution in [-0.4, -0.2) is 47.0 Å². The molecular formula is C18H21BrN2O5S.